The molecule has 0 spiro atoms. The van der Waals surface area contributed by atoms with Crippen molar-refractivity contribution in [2.75, 3.05) is 56.6 Å². The summed E-state index contributed by atoms with van der Waals surface area (Å²) >= 11 is 5.93. The number of rotatable bonds is 5. The van der Waals surface area contributed by atoms with Crippen LogP contribution in [0.15, 0.2) is 36.4 Å². The van der Waals surface area contributed by atoms with Crippen molar-refractivity contribution in [2.45, 2.75) is 0 Å². The second-order valence-electron chi connectivity index (χ2n) is 6.70. The molecule has 1 saturated heterocycles. The first-order chi connectivity index (χ1) is 13.4. The maximum atomic E-state index is 12.4. The van der Waals surface area contributed by atoms with Crippen molar-refractivity contribution >= 4 is 34.9 Å². The maximum absolute atomic E-state index is 12.4. The van der Waals surface area contributed by atoms with Gasteiger partial charge in [-0.1, -0.05) is 11.6 Å². The SMILES string of the molecule is CN(C)c1ccc(C(=O)NCC(=O)N2CCN(c3ccc(Cl)cc3)CC2)nn1. The number of nitrogens with one attached hydrogen (secondary N) is 1. The summed E-state index contributed by atoms with van der Waals surface area (Å²) in [4.78, 5) is 30.3. The molecule has 1 aliphatic rings. The van der Waals surface area contributed by atoms with Gasteiger partial charge in [-0.05, 0) is 36.4 Å². The highest BCUT2D eigenvalue weighted by Crippen LogP contribution is 2.19. The number of carbonyl (C=O) groups is 2. The highest BCUT2D eigenvalue weighted by molar-refractivity contribution is 6.30. The fourth-order valence-corrected chi connectivity index (χ4v) is 3.04. The zero-order chi connectivity index (χ0) is 20.1. The molecule has 2 heterocycles. The van der Waals surface area contributed by atoms with Crippen LogP contribution in [0.1, 0.15) is 10.5 Å². The van der Waals surface area contributed by atoms with Crippen molar-refractivity contribution < 1.29 is 9.59 Å². The number of piperazine rings is 1. The molecule has 0 aliphatic carbocycles. The van der Waals surface area contributed by atoms with Crippen LogP contribution in [-0.2, 0) is 4.79 Å². The van der Waals surface area contributed by atoms with Gasteiger partial charge in [-0.2, -0.15) is 0 Å². The molecule has 0 bridgehead atoms. The van der Waals surface area contributed by atoms with Gasteiger partial charge in [-0.3, -0.25) is 9.59 Å². The van der Waals surface area contributed by atoms with Crippen LogP contribution in [0, 0.1) is 0 Å². The van der Waals surface area contributed by atoms with Crippen LogP contribution in [0.4, 0.5) is 11.5 Å². The largest absolute Gasteiger partial charge is 0.368 e. The van der Waals surface area contributed by atoms with Crippen LogP contribution in [0.25, 0.3) is 0 Å². The Bertz CT molecular complexity index is 817. The third-order valence-corrected chi connectivity index (χ3v) is 4.82. The number of amides is 2. The van der Waals surface area contributed by atoms with E-state index in [1.54, 1.807) is 21.9 Å². The molecule has 3 rings (SSSR count). The van der Waals surface area contributed by atoms with E-state index in [-0.39, 0.29) is 18.1 Å². The first-order valence-corrected chi connectivity index (χ1v) is 9.39. The Balaban J connectivity index is 1.46. The van der Waals surface area contributed by atoms with Crippen molar-refractivity contribution in [3.63, 3.8) is 0 Å². The van der Waals surface area contributed by atoms with Gasteiger partial charge in [0, 0.05) is 51.0 Å². The molecule has 1 fully saturated rings. The minimum atomic E-state index is -0.411. The van der Waals surface area contributed by atoms with Crippen LogP contribution < -0.4 is 15.1 Å². The Hall–Kier alpha value is -2.87. The topological polar surface area (TPSA) is 81.7 Å². The first-order valence-electron chi connectivity index (χ1n) is 9.01. The summed E-state index contributed by atoms with van der Waals surface area (Å²) in [5.41, 5.74) is 1.27. The second-order valence-corrected chi connectivity index (χ2v) is 7.13. The standard InChI is InChI=1S/C19H23ClN6O2/c1-24(2)17-8-7-16(22-23-17)19(28)21-13-18(27)26-11-9-25(10-12-26)15-5-3-14(20)4-6-15/h3-8H,9-13H2,1-2H3,(H,21,28). The van der Waals surface area contributed by atoms with E-state index in [0.29, 0.717) is 23.9 Å². The fraction of sp³-hybridized carbons (Fsp3) is 0.368. The van der Waals surface area contributed by atoms with Gasteiger partial charge in [0.25, 0.3) is 5.91 Å². The van der Waals surface area contributed by atoms with Gasteiger partial charge in [0.05, 0.1) is 6.54 Å². The molecule has 2 amide bonds. The van der Waals surface area contributed by atoms with Crippen LogP contribution in [0.2, 0.25) is 5.02 Å². The molecular formula is C19H23ClN6O2. The zero-order valence-corrected chi connectivity index (χ0v) is 16.7. The highest BCUT2D eigenvalue weighted by Gasteiger charge is 2.22. The summed E-state index contributed by atoms with van der Waals surface area (Å²) in [7, 11) is 3.68. The van der Waals surface area contributed by atoms with E-state index >= 15 is 0 Å². The van der Waals surface area contributed by atoms with Crippen molar-refractivity contribution in [1.82, 2.24) is 20.4 Å². The summed E-state index contributed by atoms with van der Waals surface area (Å²) in [6.45, 7) is 2.62. The number of carbonyl (C=O) groups excluding carboxylic acids is 2. The number of hydrogen-bond acceptors (Lipinski definition) is 6. The van der Waals surface area contributed by atoms with E-state index in [9.17, 15) is 9.59 Å². The number of nitrogens with zero attached hydrogens (tertiary/aromatic N) is 5. The molecule has 0 saturated carbocycles. The van der Waals surface area contributed by atoms with Crippen LogP contribution in [-0.4, -0.2) is 73.7 Å². The molecule has 1 N–H and O–H groups in total. The molecule has 0 unspecified atom stereocenters. The fourth-order valence-electron chi connectivity index (χ4n) is 2.91. The minimum absolute atomic E-state index is 0.0586. The number of hydrogen-bond donors (Lipinski definition) is 1. The third-order valence-electron chi connectivity index (χ3n) is 4.57. The summed E-state index contributed by atoms with van der Waals surface area (Å²) < 4.78 is 0. The van der Waals surface area contributed by atoms with E-state index in [4.69, 9.17) is 11.6 Å². The van der Waals surface area contributed by atoms with Gasteiger partial charge in [-0.25, -0.2) is 0 Å². The molecular weight excluding hydrogens is 380 g/mol. The van der Waals surface area contributed by atoms with E-state index in [1.807, 2.05) is 38.4 Å². The van der Waals surface area contributed by atoms with Crippen molar-refractivity contribution in [3.05, 3.63) is 47.1 Å². The van der Waals surface area contributed by atoms with Gasteiger partial charge in [0.1, 0.15) is 0 Å². The smallest absolute Gasteiger partial charge is 0.272 e. The highest BCUT2D eigenvalue weighted by atomic mass is 35.5. The Morgan fingerprint density at radius 1 is 1.04 bits per heavy atom. The number of aromatic nitrogens is 2. The Kier molecular flexibility index (Phi) is 6.30. The summed E-state index contributed by atoms with van der Waals surface area (Å²) in [6.07, 6.45) is 0. The monoisotopic (exact) mass is 402 g/mol. The summed E-state index contributed by atoms with van der Waals surface area (Å²) in [5.74, 6) is 0.138. The Morgan fingerprint density at radius 2 is 1.71 bits per heavy atom. The summed E-state index contributed by atoms with van der Waals surface area (Å²) in [6, 6.07) is 11.0. The summed E-state index contributed by atoms with van der Waals surface area (Å²) in [5, 5.41) is 11.2. The molecule has 1 aromatic heterocycles. The molecule has 0 radical (unpaired) electrons. The Morgan fingerprint density at radius 3 is 2.29 bits per heavy atom. The average Bonchev–Trinajstić information content (AvgIpc) is 2.72. The number of anilines is 2. The molecule has 148 valence electrons. The second kappa shape index (κ2) is 8.88. The van der Waals surface area contributed by atoms with E-state index in [2.05, 4.69) is 20.4 Å². The van der Waals surface area contributed by atoms with Crippen LogP contribution in [0.3, 0.4) is 0 Å². The zero-order valence-electron chi connectivity index (χ0n) is 15.9. The number of benzene rings is 1. The van der Waals surface area contributed by atoms with E-state index < -0.39 is 5.91 Å². The molecule has 2 aromatic rings. The average molecular weight is 403 g/mol. The van der Waals surface area contributed by atoms with Gasteiger partial charge >= 0.3 is 0 Å². The van der Waals surface area contributed by atoms with E-state index in [1.165, 1.54) is 0 Å². The molecule has 1 aromatic carbocycles. The quantitative estimate of drug-likeness (QED) is 0.811. The normalized spacial score (nSPS) is 14.0. The predicted octanol–water partition coefficient (Wildman–Crippen LogP) is 1.27. The first kappa shape index (κ1) is 19.9. The van der Waals surface area contributed by atoms with Crippen molar-refractivity contribution in [2.24, 2.45) is 0 Å². The van der Waals surface area contributed by atoms with Crippen LogP contribution >= 0.6 is 11.6 Å². The number of halogens is 1. The van der Waals surface area contributed by atoms with Crippen LogP contribution in [0.5, 0.6) is 0 Å². The lowest BCUT2D eigenvalue weighted by Gasteiger charge is -2.36. The lowest BCUT2D eigenvalue weighted by molar-refractivity contribution is -0.130. The van der Waals surface area contributed by atoms with Gasteiger partial charge in [0.2, 0.25) is 5.91 Å². The third kappa shape index (κ3) is 4.89. The minimum Gasteiger partial charge on any atom is -0.368 e. The molecule has 9 heteroatoms. The maximum Gasteiger partial charge on any atom is 0.272 e. The predicted molar refractivity (Wildman–Crippen MR) is 109 cm³/mol. The van der Waals surface area contributed by atoms with Gasteiger partial charge < -0.3 is 20.0 Å². The van der Waals surface area contributed by atoms with Gasteiger partial charge in [0.15, 0.2) is 11.5 Å². The lowest BCUT2D eigenvalue weighted by atomic mass is 10.2. The van der Waals surface area contributed by atoms with Crippen molar-refractivity contribution in [3.8, 4) is 0 Å². The molecule has 28 heavy (non-hydrogen) atoms. The van der Waals surface area contributed by atoms with Crippen molar-refractivity contribution in [1.29, 1.82) is 0 Å². The Labute approximate surface area is 169 Å². The van der Waals surface area contributed by atoms with E-state index in [0.717, 1.165) is 18.8 Å². The molecule has 0 atom stereocenters. The lowest BCUT2D eigenvalue weighted by Crippen LogP contribution is -2.51. The molecule has 8 nitrogen and oxygen atoms in total. The molecule has 1 aliphatic heterocycles. The van der Waals surface area contributed by atoms with Gasteiger partial charge in [-0.15, -0.1) is 10.2 Å².